The van der Waals surface area contributed by atoms with E-state index < -0.39 is 12.1 Å². The highest BCUT2D eigenvalue weighted by Gasteiger charge is 2.20. The molecule has 1 unspecified atom stereocenters. The summed E-state index contributed by atoms with van der Waals surface area (Å²) in [5, 5.41) is 8.39. The maximum Gasteiger partial charge on any atom is 0.407 e. The highest BCUT2D eigenvalue weighted by Crippen LogP contribution is 2.32. The predicted molar refractivity (Wildman–Crippen MR) is 151 cm³/mol. The molecule has 1 aromatic heterocycles. The smallest absolute Gasteiger partial charge is 0.407 e. The van der Waals surface area contributed by atoms with E-state index in [2.05, 4.69) is 20.9 Å². The minimum Gasteiger partial charge on any atom is -0.496 e. The molecule has 1 aliphatic heterocycles. The van der Waals surface area contributed by atoms with Crippen LogP contribution in [-0.4, -0.2) is 43.5 Å². The van der Waals surface area contributed by atoms with E-state index in [1.807, 2.05) is 30.3 Å². The monoisotopic (exact) mass is 558 g/mol. The van der Waals surface area contributed by atoms with Gasteiger partial charge in [0.25, 0.3) is 0 Å². The second-order valence-corrected chi connectivity index (χ2v) is 9.24. The van der Waals surface area contributed by atoms with Gasteiger partial charge in [0.15, 0.2) is 12.2 Å². The van der Waals surface area contributed by atoms with E-state index in [-0.39, 0.29) is 12.6 Å². The lowest BCUT2D eigenvalue weighted by Gasteiger charge is -2.15. The predicted octanol–water partition coefficient (Wildman–Crippen LogP) is 5.59. The second kappa shape index (κ2) is 13.4. The van der Waals surface area contributed by atoms with Crippen molar-refractivity contribution in [3.63, 3.8) is 0 Å². The number of methoxy groups -OCH3 is 1. The molecule has 1 atom stereocenters. The van der Waals surface area contributed by atoms with Crippen molar-refractivity contribution < 1.29 is 33.0 Å². The molecule has 1 aliphatic rings. The fourth-order valence-corrected chi connectivity index (χ4v) is 4.25. The zero-order valence-electron chi connectivity index (χ0n) is 22.4. The Balaban J connectivity index is 1.27. The van der Waals surface area contributed by atoms with Gasteiger partial charge in [0.05, 0.1) is 32.1 Å². The van der Waals surface area contributed by atoms with Gasteiger partial charge in [-0.25, -0.2) is 14.6 Å². The van der Waals surface area contributed by atoms with Crippen molar-refractivity contribution in [3.05, 3.63) is 90.4 Å². The first-order valence-corrected chi connectivity index (χ1v) is 13.0. The molecule has 0 bridgehead atoms. The van der Waals surface area contributed by atoms with Gasteiger partial charge in [0.1, 0.15) is 24.2 Å². The minimum absolute atomic E-state index is 0.172. The maximum absolute atomic E-state index is 12.9. The lowest BCUT2D eigenvalue weighted by molar-refractivity contribution is 0.0828. The Labute approximate surface area is 236 Å². The van der Waals surface area contributed by atoms with Crippen LogP contribution in [0.15, 0.2) is 83.7 Å². The standard InChI is InChI=1S/C30H30N4O7/c1-37-27-14-22(7-8-26(27)28-16-31-19-40-28)33-29(35)34-23-11-21(15-32-30(36)41-24-9-10-38-18-24)12-25(13-23)39-17-20-5-3-2-4-6-20/h2-8,11-14,16,19,24H,9-10,15,17-18H2,1H3,(H,32,36)(H2,33,34,35). The Hall–Kier alpha value is -5.03. The van der Waals surface area contributed by atoms with E-state index in [0.717, 1.165) is 5.56 Å². The average Bonchev–Trinajstić information content (AvgIpc) is 3.70. The Morgan fingerprint density at radius 1 is 1.00 bits per heavy atom. The van der Waals surface area contributed by atoms with Crippen LogP contribution in [0.3, 0.4) is 0 Å². The molecule has 3 aromatic carbocycles. The van der Waals surface area contributed by atoms with Crippen LogP contribution >= 0.6 is 0 Å². The Bertz CT molecular complexity index is 1460. The molecule has 3 amide bonds. The first-order valence-electron chi connectivity index (χ1n) is 13.0. The number of hydrogen-bond acceptors (Lipinski definition) is 8. The number of benzene rings is 3. The van der Waals surface area contributed by atoms with E-state index >= 15 is 0 Å². The molecule has 212 valence electrons. The molecular weight excluding hydrogens is 528 g/mol. The summed E-state index contributed by atoms with van der Waals surface area (Å²) in [4.78, 5) is 29.1. The molecule has 0 spiro atoms. The van der Waals surface area contributed by atoms with Crippen molar-refractivity contribution >= 4 is 23.5 Å². The molecule has 11 nitrogen and oxygen atoms in total. The Morgan fingerprint density at radius 3 is 2.61 bits per heavy atom. The van der Waals surface area contributed by atoms with E-state index in [1.54, 1.807) is 42.6 Å². The number of aromatic nitrogens is 1. The number of urea groups is 1. The van der Waals surface area contributed by atoms with Gasteiger partial charge in [-0.05, 0) is 35.4 Å². The minimum atomic E-state index is -0.536. The third kappa shape index (κ3) is 7.76. The molecule has 0 radical (unpaired) electrons. The van der Waals surface area contributed by atoms with Crippen molar-refractivity contribution in [1.82, 2.24) is 10.3 Å². The molecule has 3 N–H and O–H groups in total. The van der Waals surface area contributed by atoms with Gasteiger partial charge >= 0.3 is 12.1 Å². The zero-order chi connectivity index (χ0) is 28.4. The summed E-state index contributed by atoms with van der Waals surface area (Å²) in [6.45, 7) is 1.48. The summed E-state index contributed by atoms with van der Waals surface area (Å²) in [7, 11) is 1.53. The number of ether oxygens (including phenoxy) is 4. The quantitative estimate of drug-likeness (QED) is 0.229. The molecule has 1 saturated heterocycles. The Kier molecular flexibility index (Phi) is 8.97. The summed E-state index contributed by atoms with van der Waals surface area (Å²) in [6.07, 6.45) is 2.81. The number of hydrogen-bond donors (Lipinski definition) is 3. The molecule has 0 aliphatic carbocycles. The lowest BCUT2D eigenvalue weighted by atomic mass is 10.1. The number of nitrogens with one attached hydrogen (secondary N) is 3. The Morgan fingerprint density at radius 2 is 1.85 bits per heavy atom. The van der Waals surface area contributed by atoms with Gasteiger partial charge < -0.3 is 39.3 Å². The third-order valence-electron chi connectivity index (χ3n) is 6.23. The zero-order valence-corrected chi connectivity index (χ0v) is 22.4. The topological polar surface area (TPSA) is 133 Å². The van der Waals surface area contributed by atoms with E-state index in [0.29, 0.717) is 66.0 Å². The molecule has 41 heavy (non-hydrogen) atoms. The third-order valence-corrected chi connectivity index (χ3v) is 6.23. The molecule has 4 aromatic rings. The molecule has 1 fully saturated rings. The van der Waals surface area contributed by atoms with E-state index in [9.17, 15) is 9.59 Å². The fraction of sp³-hybridized carbons (Fsp3) is 0.233. The molecule has 0 saturated carbocycles. The SMILES string of the molecule is COc1cc(NC(=O)Nc2cc(CNC(=O)OC3CCOC3)cc(OCc3ccccc3)c2)ccc1-c1cnco1. The summed E-state index contributed by atoms with van der Waals surface area (Å²) < 4.78 is 27.5. The van der Waals surface area contributed by atoms with Gasteiger partial charge in [0, 0.05) is 36.5 Å². The number of oxazole rings is 1. The normalized spacial score (nSPS) is 14.2. The van der Waals surface area contributed by atoms with Crippen LogP contribution in [-0.2, 0) is 22.6 Å². The number of rotatable bonds is 10. The summed E-state index contributed by atoms with van der Waals surface area (Å²) in [6, 6.07) is 19.7. The fourth-order valence-electron chi connectivity index (χ4n) is 4.25. The number of carbonyl (C=O) groups is 2. The van der Waals surface area contributed by atoms with Crippen LogP contribution in [0.25, 0.3) is 11.3 Å². The van der Waals surface area contributed by atoms with Gasteiger partial charge in [-0.1, -0.05) is 30.3 Å². The number of nitrogens with zero attached hydrogens (tertiary/aromatic N) is 1. The van der Waals surface area contributed by atoms with Crippen LogP contribution in [0.1, 0.15) is 17.5 Å². The first-order chi connectivity index (χ1) is 20.1. The number of alkyl carbamates (subject to hydrolysis) is 1. The van der Waals surface area contributed by atoms with E-state index in [1.165, 1.54) is 13.5 Å². The number of carbonyl (C=O) groups excluding carboxylic acids is 2. The van der Waals surface area contributed by atoms with Gasteiger partial charge in [-0.15, -0.1) is 0 Å². The molecule has 2 heterocycles. The highest BCUT2D eigenvalue weighted by molar-refractivity contribution is 6.00. The summed E-state index contributed by atoms with van der Waals surface area (Å²) in [5.41, 5.74) is 3.40. The second-order valence-electron chi connectivity index (χ2n) is 9.24. The molecule has 5 rings (SSSR count). The van der Waals surface area contributed by atoms with Gasteiger partial charge in [-0.3, -0.25) is 0 Å². The van der Waals surface area contributed by atoms with Crippen molar-refractivity contribution in [2.75, 3.05) is 31.0 Å². The van der Waals surface area contributed by atoms with Crippen LogP contribution < -0.4 is 25.4 Å². The number of amides is 3. The van der Waals surface area contributed by atoms with E-state index in [4.69, 9.17) is 23.4 Å². The van der Waals surface area contributed by atoms with Crippen LogP contribution in [0.2, 0.25) is 0 Å². The van der Waals surface area contributed by atoms with Crippen molar-refractivity contribution in [1.29, 1.82) is 0 Å². The largest absolute Gasteiger partial charge is 0.496 e. The number of anilines is 2. The van der Waals surface area contributed by atoms with Crippen molar-refractivity contribution in [2.24, 2.45) is 0 Å². The van der Waals surface area contributed by atoms with Crippen LogP contribution in [0.4, 0.5) is 21.0 Å². The highest BCUT2D eigenvalue weighted by atomic mass is 16.6. The summed E-state index contributed by atoms with van der Waals surface area (Å²) >= 11 is 0. The van der Waals surface area contributed by atoms with Crippen LogP contribution in [0.5, 0.6) is 11.5 Å². The van der Waals surface area contributed by atoms with Crippen LogP contribution in [0, 0.1) is 0 Å². The van der Waals surface area contributed by atoms with Gasteiger partial charge in [-0.2, -0.15) is 0 Å². The summed E-state index contributed by atoms with van der Waals surface area (Å²) in [5.74, 6) is 1.59. The molecular formula is C30H30N4O7. The van der Waals surface area contributed by atoms with Crippen molar-refractivity contribution in [2.45, 2.75) is 25.7 Å². The van der Waals surface area contributed by atoms with Gasteiger partial charge in [0.2, 0.25) is 0 Å². The maximum atomic E-state index is 12.9. The van der Waals surface area contributed by atoms with Crippen molar-refractivity contribution in [3.8, 4) is 22.8 Å². The first kappa shape index (κ1) is 27.5. The molecule has 11 heteroatoms. The average molecular weight is 559 g/mol. The lowest BCUT2D eigenvalue weighted by Crippen LogP contribution is -2.28.